The van der Waals surface area contributed by atoms with E-state index in [1.54, 1.807) is 6.92 Å². The Balaban J connectivity index is 2.29. The molecule has 0 heterocycles. The van der Waals surface area contributed by atoms with Gasteiger partial charge in [-0.3, -0.25) is 4.79 Å². The van der Waals surface area contributed by atoms with Crippen molar-refractivity contribution >= 4 is 17.6 Å². The van der Waals surface area contributed by atoms with Crippen LogP contribution in [-0.4, -0.2) is 18.5 Å². The molecule has 0 radical (unpaired) electrons. The van der Waals surface area contributed by atoms with Crippen LogP contribution in [0.5, 0.6) is 0 Å². The lowest BCUT2D eigenvalue weighted by Crippen LogP contribution is -2.17. The molecule has 0 aliphatic carbocycles. The molecule has 0 aliphatic heterocycles. The lowest BCUT2D eigenvalue weighted by molar-refractivity contribution is -0.143. The number of rotatable bonds is 4. The number of ether oxygens (including phenoxy) is 1. The maximum absolute atomic E-state index is 12.9. The lowest BCUT2D eigenvalue weighted by Gasteiger charge is -2.14. The van der Waals surface area contributed by atoms with Crippen LogP contribution in [0.15, 0.2) is 42.5 Å². The van der Waals surface area contributed by atoms with Gasteiger partial charge < -0.3 is 10.1 Å². The van der Waals surface area contributed by atoms with Crippen molar-refractivity contribution in [2.24, 2.45) is 0 Å². The summed E-state index contributed by atoms with van der Waals surface area (Å²) < 4.78 is 82.0. The summed E-state index contributed by atoms with van der Waals surface area (Å²) in [7, 11) is 0. The topological polar surface area (TPSA) is 55.4 Å². The van der Waals surface area contributed by atoms with Crippen molar-refractivity contribution in [3.8, 4) is 0 Å². The molecule has 2 rings (SSSR count). The van der Waals surface area contributed by atoms with E-state index in [0.717, 1.165) is 0 Å². The monoisotopic (exact) mass is 405 g/mol. The molecule has 1 amide bonds. The van der Waals surface area contributed by atoms with Gasteiger partial charge in [-0.2, -0.15) is 26.3 Å². The van der Waals surface area contributed by atoms with Crippen molar-refractivity contribution in [3.63, 3.8) is 0 Å². The number of carbonyl (C=O) groups is 2. The molecule has 0 bridgehead atoms. The Kier molecular flexibility index (Phi) is 6.01. The second kappa shape index (κ2) is 7.91. The summed E-state index contributed by atoms with van der Waals surface area (Å²) in [5.74, 6) is -1.78. The van der Waals surface area contributed by atoms with Crippen LogP contribution in [0.3, 0.4) is 0 Å². The van der Waals surface area contributed by atoms with Gasteiger partial charge in [0.1, 0.15) is 0 Å². The predicted octanol–water partition coefficient (Wildman–Crippen LogP) is 5.15. The van der Waals surface area contributed by atoms with Gasteiger partial charge in [0.15, 0.2) is 0 Å². The average Bonchev–Trinajstić information content (AvgIpc) is 2.60. The first kappa shape index (κ1) is 21.3. The fraction of sp³-hybridized carbons (Fsp3) is 0.222. The van der Waals surface area contributed by atoms with E-state index in [1.807, 2.05) is 0 Å². The smallest absolute Gasteiger partial charge is 0.416 e. The number of esters is 1. The molecule has 0 saturated heterocycles. The van der Waals surface area contributed by atoms with Crippen molar-refractivity contribution in [3.05, 3.63) is 64.7 Å². The molecule has 2 aromatic carbocycles. The number of carbonyl (C=O) groups excluding carboxylic acids is 2. The molecule has 28 heavy (non-hydrogen) atoms. The number of benzene rings is 2. The molecule has 0 aliphatic rings. The van der Waals surface area contributed by atoms with Crippen LogP contribution in [0.1, 0.15) is 38.8 Å². The molecule has 0 spiro atoms. The van der Waals surface area contributed by atoms with Crippen molar-refractivity contribution < 1.29 is 40.7 Å². The van der Waals surface area contributed by atoms with Gasteiger partial charge in [0.2, 0.25) is 0 Å². The molecule has 0 aromatic heterocycles. The Morgan fingerprint density at radius 1 is 0.857 bits per heavy atom. The van der Waals surface area contributed by atoms with Crippen LogP contribution < -0.4 is 5.32 Å². The Morgan fingerprint density at radius 2 is 1.36 bits per heavy atom. The number of halogens is 6. The summed E-state index contributed by atoms with van der Waals surface area (Å²) in [4.78, 5) is 23.7. The van der Waals surface area contributed by atoms with Crippen LogP contribution in [0.4, 0.5) is 32.0 Å². The van der Waals surface area contributed by atoms with Crippen LogP contribution in [0, 0.1) is 0 Å². The van der Waals surface area contributed by atoms with E-state index in [1.165, 1.54) is 24.3 Å². The lowest BCUT2D eigenvalue weighted by atomic mass is 10.0. The summed E-state index contributed by atoms with van der Waals surface area (Å²) in [6, 6.07) is 5.71. The third-order valence-corrected chi connectivity index (χ3v) is 3.50. The van der Waals surface area contributed by atoms with E-state index in [2.05, 4.69) is 5.32 Å². The number of hydrogen-bond donors (Lipinski definition) is 1. The molecule has 150 valence electrons. The Hall–Kier alpha value is -3.04. The van der Waals surface area contributed by atoms with E-state index in [4.69, 9.17) is 4.74 Å². The molecule has 2 aromatic rings. The summed E-state index contributed by atoms with van der Waals surface area (Å²) >= 11 is 0. The van der Waals surface area contributed by atoms with Crippen molar-refractivity contribution in [2.45, 2.75) is 19.3 Å². The maximum atomic E-state index is 12.9. The largest absolute Gasteiger partial charge is 0.462 e. The number of nitrogens with one attached hydrogen (secondary N) is 1. The van der Waals surface area contributed by atoms with Crippen LogP contribution in [0.25, 0.3) is 0 Å². The quantitative estimate of drug-likeness (QED) is 0.565. The van der Waals surface area contributed by atoms with E-state index in [-0.39, 0.29) is 23.9 Å². The first-order chi connectivity index (χ1) is 12.9. The number of anilines is 1. The fourth-order valence-electron chi connectivity index (χ4n) is 2.19. The summed E-state index contributed by atoms with van der Waals surface area (Å²) in [6.07, 6.45) is -10.1. The second-order valence-corrected chi connectivity index (χ2v) is 5.55. The molecular weight excluding hydrogens is 392 g/mol. The number of alkyl halides is 6. The standard InChI is InChI=1S/C18H13F6NO3/c1-2-28-16(27)10-3-5-14(6-4-10)25-15(26)11-7-12(17(19,20)21)9-13(8-11)18(22,23)24/h3-9H,2H2,1H3,(H,25,26). The van der Waals surface area contributed by atoms with Gasteiger partial charge in [0, 0.05) is 11.3 Å². The Morgan fingerprint density at radius 3 is 1.79 bits per heavy atom. The van der Waals surface area contributed by atoms with Gasteiger partial charge in [-0.05, 0) is 49.4 Å². The zero-order valence-electron chi connectivity index (χ0n) is 14.2. The molecule has 1 N–H and O–H groups in total. The van der Waals surface area contributed by atoms with Gasteiger partial charge in [-0.1, -0.05) is 0 Å². The molecule has 4 nitrogen and oxygen atoms in total. The molecule has 10 heteroatoms. The minimum atomic E-state index is -5.06. The van der Waals surface area contributed by atoms with Crippen molar-refractivity contribution in [1.29, 1.82) is 0 Å². The van der Waals surface area contributed by atoms with Gasteiger partial charge in [0.25, 0.3) is 5.91 Å². The van der Waals surface area contributed by atoms with Crippen molar-refractivity contribution in [1.82, 2.24) is 0 Å². The molecular formula is C18H13F6NO3. The highest BCUT2D eigenvalue weighted by molar-refractivity contribution is 6.04. The molecule has 0 atom stereocenters. The van der Waals surface area contributed by atoms with Gasteiger partial charge in [0.05, 0.1) is 23.3 Å². The summed E-state index contributed by atoms with van der Waals surface area (Å²) in [6.45, 7) is 1.76. The highest BCUT2D eigenvalue weighted by atomic mass is 19.4. The van der Waals surface area contributed by atoms with E-state index in [0.29, 0.717) is 12.1 Å². The zero-order chi connectivity index (χ0) is 21.1. The number of hydrogen-bond acceptors (Lipinski definition) is 3. The third kappa shape index (κ3) is 5.24. The van der Waals surface area contributed by atoms with E-state index in [9.17, 15) is 35.9 Å². The maximum Gasteiger partial charge on any atom is 0.416 e. The first-order valence-electron chi connectivity index (χ1n) is 7.80. The third-order valence-electron chi connectivity index (χ3n) is 3.50. The predicted molar refractivity (Wildman–Crippen MR) is 86.8 cm³/mol. The minimum absolute atomic E-state index is 0.0646. The Labute approximate surface area is 155 Å². The molecule has 0 unspecified atom stereocenters. The zero-order valence-corrected chi connectivity index (χ0v) is 14.2. The molecule has 0 fully saturated rings. The summed E-state index contributed by atoms with van der Waals surface area (Å²) in [5, 5.41) is 2.19. The van der Waals surface area contributed by atoms with Crippen LogP contribution in [0.2, 0.25) is 0 Å². The van der Waals surface area contributed by atoms with Gasteiger partial charge in [-0.25, -0.2) is 4.79 Å². The van der Waals surface area contributed by atoms with Gasteiger partial charge in [-0.15, -0.1) is 0 Å². The summed E-state index contributed by atoms with van der Waals surface area (Å²) in [5.41, 5.74) is -3.76. The average molecular weight is 405 g/mol. The first-order valence-corrected chi connectivity index (χ1v) is 7.80. The minimum Gasteiger partial charge on any atom is -0.462 e. The van der Waals surface area contributed by atoms with E-state index < -0.39 is 40.9 Å². The van der Waals surface area contributed by atoms with Gasteiger partial charge >= 0.3 is 18.3 Å². The Bertz CT molecular complexity index is 840. The van der Waals surface area contributed by atoms with Crippen LogP contribution in [-0.2, 0) is 17.1 Å². The SMILES string of the molecule is CCOC(=O)c1ccc(NC(=O)c2cc(C(F)(F)F)cc(C(F)(F)F)c2)cc1. The fourth-order valence-corrected chi connectivity index (χ4v) is 2.19. The molecule has 0 saturated carbocycles. The highest BCUT2D eigenvalue weighted by Gasteiger charge is 2.37. The second-order valence-electron chi connectivity index (χ2n) is 5.55. The highest BCUT2D eigenvalue weighted by Crippen LogP contribution is 2.36. The normalized spacial score (nSPS) is 11.8. The van der Waals surface area contributed by atoms with Crippen molar-refractivity contribution in [2.75, 3.05) is 11.9 Å². The van der Waals surface area contributed by atoms with Crippen LogP contribution >= 0.6 is 0 Å². The number of amides is 1. The van der Waals surface area contributed by atoms with E-state index >= 15 is 0 Å².